The first-order valence-electron chi connectivity index (χ1n) is 4.87. The number of aromatic carboxylic acids is 1. The van der Waals surface area contributed by atoms with E-state index in [1.807, 2.05) is 0 Å². The lowest BCUT2D eigenvalue weighted by Crippen LogP contribution is -2.11. The van der Waals surface area contributed by atoms with Crippen molar-refractivity contribution in [1.29, 1.82) is 0 Å². The van der Waals surface area contributed by atoms with Gasteiger partial charge in [0.05, 0.1) is 19.8 Å². The van der Waals surface area contributed by atoms with Gasteiger partial charge in [0, 0.05) is 19.7 Å². The number of carbonyl (C=O) groups is 1. The largest absolute Gasteiger partial charge is 0.475 e. The number of furan rings is 1. The Morgan fingerprint density at radius 3 is 2.88 bits per heavy atom. The fourth-order valence-electron chi connectivity index (χ4n) is 1.04. The van der Waals surface area contributed by atoms with Crippen molar-refractivity contribution in [3.8, 4) is 0 Å². The van der Waals surface area contributed by atoms with E-state index in [1.54, 1.807) is 13.2 Å². The molecule has 6 heteroatoms. The maximum Gasteiger partial charge on any atom is 0.371 e. The van der Waals surface area contributed by atoms with Crippen molar-refractivity contribution in [2.24, 2.45) is 0 Å². The molecule has 1 rings (SSSR count). The molecule has 90 valence electrons. The average molecular weight is 229 g/mol. The molecule has 0 saturated heterocycles. The zero-order valence-corrected chi connectivity index (χ0v) is 9.06. The molecular weight excluding hydrogens is 214 g/mol. The number of nitrogens with one attached hydrogen (secondary N) is 1. The van der Waals surface area contributed by atoms with Crippen LogP contribution in [-0.4, -0.2) is 44.6 Å². The van der Waals surface area contributed by atoms with Crippen LogP contribution in [0.25, 0.3) is 0 Å². The lowest BCUT2D eigenvalue weighted by molar-refractivity contribution is 0.0663. The van der Waals surface area contributed by atoms with Gasteiger partial charge in [0.1, 0.15) is 0 Å². The van der Waals surface area contributed by atoms with Crippen molar-refractivity contribution in [1.82, 2.24) is 0 Å². The Morgan fingerprint density at radius 2 is 2.25 bits per heavy atom. The molecule has 0 amide bonds. The number of hydrogen-bond donors (Lipinski definition) is 2. The summed E-state index contributed by atoms with van der Waals surface area (Å²) in [6, 6.07) is 2.97. The Hall–Kier alpha value is -1.53. The number of hydrogen-bond acceptors (Lipinski definition) is 5. The van der Waals surface area contributed by atoms with E-state index in [-0.39, 0.29) is 5.76 Å². The summed E-state index contributed by atoms with van der Waals surface area (Å²) in [5.41, 5.74) is 0. The first kappa shape index (κ1) is 12.5. The van der Waals surface area contributed by atoms with Gasteiger partial charge in [-0.05, 0) is 6.07 Å². The molecule has 0 unspecified atom stereocenters. The summed E-state index contributed by atoms with van der Waals surface area (Å²) in [7, 11) is 1.61. The topological polar surface area (TPSA) is 80.9 Å². The second kappa shape index (κ2) is 6.86. The van der Waals surface area contributed by atoms with Crippen LogP contribution in [0.5, 0.6) is 0 Å². The molecule has 1 aromatic rings. The van der Waals surface area contributed by atoms with Gasteiger partial charge in [0.15, 0.2) is 5.88 Å². The Kier molecular flexibility index (Phi) is 5.38. The highest BCUT2D eigenvalue weighted by Crippen LogP contribution is 2.12. The van der Waals surface area contributed by atoms with Crippen molar-refractivity contribution in [3.63, 3.8) is 0 Å². The Morgan fingerprint density at radius 1 is 1.44 bits per heavy atom. The first-order valence-corrected chi connectivity index (χ1v) is 4.87. The summed E-state index contributed by atoms with van der Waals surface area (Å²) >= 11 is 0. The minimum atomic E-state index is -1.08. The summed E-state index contributed by atoms with van der Waals surface area (Å²) in [4.78, 5) is 10.5. The lowest BCUT2D eigenvalue weighted by Gasteiger charge is -2.04. The molecule has 1 aromatic heterocycles. The van der Waals surface area contributed by atoms with Gasteiger partial charge in [-0.15, -0.1) is 0 Å². The monoisotopic (exact) mass is 229 g/mol. The van der Waals surface area contributed by atoms with Crippen LogP contribution in [0.2, 0.25) is 0 Å². The van der Waals surface area contributed by atoms with Gasteiger partial charge in [-0.1, -0.05) is 0 Å². The number of rotatable bonds is 8. The van der Waals surface area contributed by atoms with Crippen LogP contribution in [0, 0.1) is 0 Å². The maximum atomic E-state index is 10.5. The Labute approximate surface area is 93.1 Å². The number of methoxy groups -OCH3 is 1. The second-order valence-corrected chi connectivity index (χ2v) is 3.00. The van der Waals surface area contributed by atoms with Crippen LogP contribution < -0.4 is 5.32 Å². The molecule has 0 aliphatic carbocycles. The van der Waals surface area contributed by atoms with E-state index in [2.05, 4.69) is 5.32 Å². The minimum absolute atomic E-state index is 0.0807. The van der Waals surface area contributed by atoms with Gasteiger partial charge >= 0.3 is 5.97 Å². The van der Waals surface area contributed by atoms with Crippen LogP contribution in [0.15, 0.2) is 16.5 Å². The van der Waals surface area contributed by atoms with E-state index >= 15 is 0 Å². The Bertz CT molecular complexity index is 323. The van der Waals surface area contributed by atoms with Crippen LogP contribution in [0.1, 0.15) is 10.6 Å². The Balaban J connectivity index is 2.14. The predicted molar refractivity (Wildman–Crippen MR) is 56.9 cm³/mol. The third-order valence-corrected chi connectivity index (χ3v) is 1.79. The van der Waals surface area contributed by atoms with E-state index in [1.165, 1.54) is 6.07 Å². The molecular formula is C10H15NO5. The minimum Gasteiger partial charge on any atom is -0.475 e. The SMILES string of the molecule is COCCOCCNc1ccc(C(=O)O)o1. The van der Waals surface area contributed by atoms with Gasteiger partial charge < -0.3 is 24.3 Å². The molecule has 1 heterocycles. The highest BCUT2D eigenvalue weighted by Gasteiger charge is 2.07. The van der Waals surface area contributed by atoms with Crippen molar-refractivity contribution in [3.05, 3.63) is 17.9 Å². The quantitative estimate of drug-likeness (QED) is 0.648. The van der Waals surface area contributed by atoms with E-state index < -0.39 is 5.97 Å². The molecule has 0 atom stereocenters. The van der Waals surface area contributed by atoms with Crippen molar-refractivity contribution >= 4 is 11.9 Å². The van der Waals surface area contributed by atoms with Gasteiger partial charge in [0.2, 0.25) is 5.76 Å². The van der Waals surface area contributed by atoms with Crippen LogP contribution in [0.4, 0.5) is 5.88 Å². The molecule has 0 aliphatic rings. The third kappa shape index (κ3) is 4.33. The molecule has 0 aromatic carbocycles. The fraction of sp³-hybridized carbons (Fsp3) is 0.500. The number of ether oxygens (including phenoxy) is 2. The zero-order chi connectivity index (χ0) is 11.8. The van der Waals surface area contributed by atoms with Gasteiger partial charge in [-0.25, -0.2) is 4.79 Å². The highest BCUT2D eigenvalue weighted by molar-refractivity contribution is 5.84. The van der Waals surface area contributed by atoms with E-state index in [0.717, 1.165) is 0 Å². The zero-order valence-electron chi connectivity index (χ0n) is 9.06. The molecule has 0 aliphatic heterocycles. The molecule has 0 fully saturated rings. The van der Waals surface area contributed by atoms with E-state index in [0.29, 0.717) is 32.2 Å². The van der Waals surface area contributed by atoms with Crippen LogP contribution in [0.3, 0.4) is 0 Å². The second-order valence-electron chi connectivity index (χ2n) is 3.00. The molecule has 6 nitrogen and oxygen atoms in total. The fourth-order valence-corrected chi connectivity index (χ4v) is 1.04. The molecule has 0 radical (unpaired) electrons. The molecule has 0 spiro atoms. The summed E-state index contributed by atoms with van der Waals surface area (Å²) in [6.07, 6.45) is 0. The highest BCUT2D eigenvalue weighted by atomic mass is 16.5. The maximum absolute atomic E-state index is 10.5. The average Bonchev–Trinajstić information content (AvgIpc) is 2.72. The summed E-state index contributed by atoms with van der Waals surface area (Å²) in [5, 5.41) is 11.5. The summed E-state index contributed by atoms with van der Waals surface area (Å²) in [6.45, 7) is 2.16. The van der Waals surface area contributed by atoms with Gasteiger partial charge in [0.25, 0.3) is 0 Å². The molecule has 2 N–H and O–H groups in total. The number of anilines is 1. The standard InChI is InChI=1S/C10H15NO5/c1-14-6-7-15-5-4-11-9-3-2-8(16-9)10(12)13/h2-3,11H,4-7H2,1H3,(H,12,13). The predicted octanol–water partition coefficient (Wildman–Crippen LogP) is 1.05. The van der Waals surface area contributed by atoms with E-state index in [4.69, 9.17) is 19.0 Å². The van der Waals surface area contributed by atoms with Crippen molar-refractivity contribution < 1.29 is 23.8 Å². The van der Waals surface area contributed by atoms with Gasteiger partial charge in [-0.3, -0.25) is 0 Å². The van der Waals surface area contributed by atoms with Gasteiger partial charge in [-0.2, -0.15) is 0 Å². The number of carboxylic acids is 1. The summed E-state index contributed by atoms with van der Waals surface area (Å²) < 4.78 is 15.0. The van der Waals surface area contributed by atoms with Crippen molar-refractivity contribution in [2.45, 2.75) is 0 Å². The van der Waals surface area contributed by atoms with E-state index in [9.17, 15) is 4.79 Å². The number of carboxylic acid groups (broad SMARTS) is 1. The molecule has 0 saturated carbocycles. The van der Waals surface area contributed by atoms with Crippen LogP contribution >= 0.6 is 0 Å². The lowest BCUT2D eigenvalue weighted by atomic mass is 10.4. The van der Waals surface area contributed by atoms with Crippen LogP contribution in [-0.2, 0) is 9.47 Å². The molecule has 0 bridgehead atoms. The summed E-state index contributed by atoms with van der Waals surface area (Å²) in [5.74, 6) is -0.736. The third-order valence-electron chi connectivity index (χ3n) is 1.79. The first-order chi connectivity index (χ1) is 7.74. The van der Waals surface area contributed by atoms with Crippen molar-refractivity contribution in [2.75, 3.05) is 38.8 Å². The smallest absolute Gasteiger partial charge is 0.371 e. The molecule has 16 heavy (non-hydrogen) atoms. The normalized spacial score (nSPS) is 10.3.